The largest absolute Gasteiger partial charge is 0.497 e. The topological polar surface area (TPSA) is 9.23 Å². The van der Waals surface area contributed by atoms with Crippen molar-refractivity contribution in [3.05, 3.63) is 12.3 Å². The van der Waals surface area contributed by atoms with Gasteiger partial charge in [-0.25, -0.2) is 0 Å². The third-order valence-corrected chi connectivity index (χ3v) is 4.37. The van der Waals surface area contributed by atoms with E-state index in [1.165, 1.54) is 0 Å². The molecule has 0 heterocycles. The van der Waals surface area contributed by atoms with E-state index in [9.17, 15) is 26.3 Å². The van der Waals surface area contributed by atoms with E-state index in [-0.39, 0.29) is 11.2 Å². The minimum absolute atomic E-state index is 0.0524. The minimum Gasteiger partial charge on any atom is -0.497 e. The second kappa shape index (κ2) is 6.79. The number of hydrogen-bond acceptors (Lipinski definition) is 1. The summed E-state index contributed by atoms with van der Waals surface area (Å²) in [6.45, 7) is 15.3. The number of ether oxygens (including phenoxy) is 1. The van der Waals surface area contributed by atoms with Crippen LogP contribution in [0, 0.1) is 22.2 Å². The van der Waals surface area contributed by atoms with E-state index in [2.05, 4.69) is 6.58 Å². The molecule has 0 N–H and O–H groups in total. The molecule has 1 nitrogen and oxygen atoms in total. The van der Waals surface area contributed by atoms with Crippen LogP contribution in [0.15, 0.2) is 12.3 Å². The maximum Gasteiger partial charge on any atom is 0.403 e. The van der Waals surface area contributed by atoms with Gasteiger partial charge >= 0.3 is 12.4 Å². The molecule has 1 atom stereocenters. The summed E-state index contributed by atoms with van der Waals surface area (Å²) in [4.78, 5) is 0. The van der Waals surface area contributed by atoms with Gasteiger partial charge in [0, 0.05) is 5.41 Å². The van der Waals surface area contributed by atoms with Crippen LogP contribution in [0.5, 0.6) is 0 Å². The number of rotatable bonds is 5. The molecule has 0 amide bonds. The van der Waals surface area contributed by atoms with E-state index in [0.29, 0.717) is 6.42 Å². The molecule has 0 aromatic rings. The lowest BCUT2D eigenvalue weighted by atomic mass is 9.60. The van der Waals surface area contributed by atoms with Crippen molar-refractivity contribution >= 4 is 0 Å². The van der Waals surface area contributed by atoms with Crippen LogP contribution in [0.4, 0.5) is 26.3 Å². The molecule has 0 aromatic heterocycles. The first-order valence-corrected chi connectivity index (χ1v) is 7.67. The van der Waals surface area contributed by atoms with Gasteiger partial charge in [-0.2, -0.15) is 26.3 Å². The first kappa shape index (κ1) is 23.1. The highest BCUT2D eigenvalue weighted by atomic mass is 19.4. The van der Waals surface area contributed by atoms with E-state index < -0.39 is 35.7 Å². The lowest BCUT2D eigenvalue weighted by molar-refractivity contribution is -0.293. The molecule has 24 heavy (non-hydrogen) atoms. The second-order valence-electron chi connectivity index (χ2n) is 8.69. The summed E-state index contributed by atoms with van der Waals surface area (Å²) in [6, 6.07) is 0. The van der Waals surface area contributed by atoms with Gasteiger partial charge < -0.3 is 4.74 Å². The Balaban J connectivity index is 5.43. The van der Waals surface area contributed by atoms with E-state index in [4.69, 9.17) is 4.74 Å². The molecule has 0 bridgehead atoms. The van der Waals surface area contributed by atoms with Gasteiger partial charge in [0.1, 0.15) is 6.61 Å². The zero-order chi connectivity index (χ0) is 19.8. The summed E-state index contributed by atoms with van der Waals surface area (Å²) in [5.41, 5.74) is -1.45. The molecule has 1 unspecified atom stereocenters. The van der Waals surface area contributed by atoms with Crippen LogP contribution in [0.1, 0.15) is 54.9 Å². The van der Waals surface area contributed by atoms with Crippen molar-refractivity contribution in [1.29, 1.82) is 0 Å². The Bertz CT molecular complexity index is 422. The first-order chi connectivity index (χ1) is 10.2. The third-order valence-electron chi connectivity index (χ3n) is 4.37. The Morgan fingerprint density at radius 3 is 1.46 bits per heavy atom. The molecule has 0 saturated carbocycles. The Morgan fingerprint density at radius 1 is 0.833 bits per heavy atom. The second-order valence-corrected chi connectivity index (χ2v) is 8.69. The van der Waals surface area contributed by atoms with Crippen molar-refractivity contribution < 1.29 is 31.1 Å². The van der Waals surface area contributed by atoms with Crippen molar-refractivity contribution in [3.8, 4) is 0 Å². The molecular formula is C17H28F6O. The highest BCUT2D eigenvalue weighted by Crippen LogP contribution is 2.51. The number of halogens is 6. The zero-order valence-corrected chi connectivity index (χ0v) is 15.4. The van der Waals surface area contributed by atoms with Crippen molar-refractivity contribution in [2.75, 3.05) is 6.61 Å². The maximum absolute atomic E-state index is 12.6. The normalized spacial score (nSPS) is 16.9. The average Bonchev–Trinajstić information content (AvgIpc) is 2.20. The fourth-order valence-electron chi connectivity index (χ4n) is 2.56. The minimum atomic E-state index is -5.42. The standard InChI is InChI=1S/C17H28F6O/c1-11(15(8,14(5,6)7)10-13(2,3)4)24-9-12(16(18,19)20)17(21,22)23/h12H,1,9-10H2,2-8H3. The quantitative estimate of drug-likeness (QED) is 0.388. The Morgan fingerprint density at radius 2 is 1.21 bits per heavy atom. The van der Waals surface area contributed by atoms with Gasteiger partial charge in [-0.15, -0.1) is 0 Å². The molecule has 0 fully saturated rings. The Hall–Kier alpha value is -0.880. The van der Waals surface area contributed by atoms with Crippen molar-refractivity contribution in [2.45, 2.75) is 67.2 Å². The molecule has 0 aliphatic heterocycles. The highest BCUT2D eigenvalue weighted by Gasteiger charge is 2.57. The van der Waals surface area contributed by atoms with Crippen molar-refractivity contribution in [2.24, 2.45) is 22.2 Å². The molecule has 0 aliphatic carbocycles. The molecular weight excluding hydrogens is 334 g/mol. The lowest BCUT2D eigenvalue weighted by Crippen LogP contribution is -2.42. The summed E-state index contributed by atoms with van der Waals surface area (Å²) in [6.07, 6.45) is -10.3. The van der Waals surface area contributed by atoms with Gasteiger partial charge in [-0.3, -0.25) is 0 Å². The lowest BCUT2D eigenvalue weighted by Gasteiger charge is -2.46. The first-order valence-electron chi connectivity index (χ1n) is 7.67. The van der Waals surface area contributed by atoms with E-state index >= 15 is 0 Å². The van der Waals surface area contributed by atoms with Crippen LogP contribution in [0.25, 0.3) is 0 Å². The van der Waals surface area contributed by atoms with Crippen molar-refractivity contribution in [3.63, 3.8) is 0 Å². The highest BCUT2D eigenvalue weighted by molar-refractivity contribution is 5.09. The van der Waals surface area contributed by atoms with Crippen LogP contribution in [-0.4, -0.2) is 19.0 Å². The fraction of sp³-hybridized carbons (Fsp3) is 0.882. The zero-order valence-electron chi connectivity index (χ0n) is 15.4. The summed E-state index contributed by atoms with van der Waals surface area (Å²) in [5, 5.41) is 0. The molecule has 0 saturated heterocycles. The van der Waals surface area contributed by atoms with Gasteiger partial charge in [-0.1, -0.05) is 55.0 Å². The van der Waals surface area contributed by atoms with Crippen LogP contribution >= 0.6 is 0 Å². The fourth-order valence-corrected chi connectivity index (χ4v) is 2.56. The van der Waals surface area contributed by atoms with Crippen LogP contribution in [0.3, 0.4) is 0 Å². The van der Waals surface area contributed by atoms with Gasteiger partial charge in [0.25, 0.3) is 0 Å². The Kier molecular flexibility index (Phi) is 6.54. The summed E-state index contributed by atoms with van der Waals surface area (Å²) in [7, 11) is 0. The van der Waals surface area contributed by atoms with Crippen LogP contribution < -0.4 is 0 Å². The van der Waals surface area contributed by atoms with Crippen LogP contribution in [0.2, 0.25) is 0 Å². The molecule has 0 rings (SSSR count). The van der Waals surface area contributed by atoms with Gasteiger partial charge in [-0.05, 0) is 17.3 Å². The summed E-state index contributed by atoms with van der Waals surface area (Å²) in [5.74, 6) is -3.58. The average molecular weight is 362 g/mol. The smallest absolute Gasteiger partial charge is 0.403 e. The molecule has 0 aromatic carbocycles. The van der Waals surface area contributed by atoms with E-state index in [1.807, 2.05) is 41.5 Å². The van der Waals surface area contributed by atoms with E-state index in [1.54, 1.807) is 6.92 Å². The molecule has 0 radical (unpaired) electrons. The SMILES string of the molecule is C=C(OCC(C(F)(F)F)C(F)(F)F)C(C)(CC(C)(C)C)C(C)(C)C. The van der Waals surface area contributed by atoms with Gasteiger partial charge in [0.05, 0.1) is 5.76 Å². The number of allylic oxidation sites excluding steroid dienone is 1. The van der Waals surface area contributed by atoms with Crippen molar-refractivity contribution in [1.82, 2.24) is 0 Å². The third kappa shape index (κ3) is 6.20. The molecule has 0 spiro atoms. The molecule has 7 heteroatoms. The monoisotopic (exact) mass is 362 g/mol. The van der Waals surface area contributed by atoms with Gasteiger partial charge in [0.2, 0.25) is 0 Å². The molecule has 144 valence electrons. The maximum atomic E-state index is 12.6. The predicted molar refractivity (Wildman–Crippen MR) is 82.3 cm³/mol. The van der Waals surface area contributed by atoms with E-state index in [0.717, 1.165) is 0 Å². The summed E-state index contributed by atoms with van der Waals surface area (Å²) >= 11 is 0. The Labute approximate surface area is 140 Å². The number of alkyl halides is 6. The predicted octanol–water partition coefficient (Wildman–Crippen LogP) is 6.75. The van der Waals surface area contributed by atoms with Gasteiger partial charge in [0.15, 0.2) is 5.92 Å². The molecule has 0 aliphatic rings. The number of hydrogen-bond donors (Lipinski definition) is 0. The summed E-state index contributed by atoms with van der Waals surface area (Å²) < 4.78 is 80.8. The van der Waals surface area contributed by atoms with Crippen LogP contribution in [-0.2, 0) is 4.74 Å².